The number of amides is 1. The van der Waals surface area contributed by atoms with Crippen molar-refractivity contribution in [3.05, 3.63) is 52.3 Å². The number of carbonyl (C=O) groups excluding carboxylic acids is 1. The van der Waals surface area contributed by atoms with Gasteiger partial charge in [0, 0.05) is 0 Å². The highest BCUT2D eigenvalue weighted by Crippen LogP contribution is 2.30. The largest absolute Gasteiger partial charge is 0.473 e. The monoisotopic (exact) mass is 317 g/mol. The fraction of sp³-hybridized carbons (Fsp3) is 0.214. The molecule has 2 aromatic rings. The number of aromatic nitrogens is 2. The van der Waals surface area contributed by atoms with Gasteiger partial charge in [-0.05, 0) is 12.5 Å². The molecule has 0 aliphatic rings. The molecule has 0 bridgehead atoms. The highest BCUT2D eigenvalue weighted by molar-refractivity contribution is 5.80. The van der Waals surface area contributed by atoms with Gasteiger partial charge < -0.3 is 4.74 Å². The minimum atomic E-state index is -0.670. The van der Waals surface area contributed by atoms with Crippen LogP contribution in [0.15, 0.2) is 36.7 Å². The minimum Gasteiger partial charge on any atom is -0.473 e. The second-order valence-corrected chi connectivity index (χ2v) is 4.40. The van der Waals surface area contributed by atoms with Gasteiger partial charge in [0.05, 0.1) is 18.0 Å². The number of nitrogens with one attached hydrogen (secondary N) is 2. The van der Waals surface area contributed by atoms with Crippen molar-refractivity contribution >= 4 is 17.4 Å². The van der Waals surface area contributed by atoms with Crippen LogP contribution in [0.5, 0.6) is 5.88 Å². The van der Waals surface area contributed by atoms with Gasteiger partial charge in [0.1, 0.15) is 6.33 Å². The molecule has 2 rings (SSSR count). The van der Waals surface area contributed by atoms with Crippen LogP contribution in [0.2, 0.25) is 0 Å². The number of anilines is 1. The van der Waals surface area contributed by atoms with Gasteiger partial charge in [-0.1, -0.05) is 30.3 Å². The molecule has 120 valence electrons. The second kappa shape index (κ2) is 7.69. The number of rotatable bonds is 7. The predicted octanol–water partition coefficient (Wildman–Crippen LogP) is 1.47. The number of benzene rings is 1. The molecule has 0 unspecified atom stereocenters. The first kappa shape index (κ1) is 16.1. The summed E-state index contributed by atoms with van der Waals surface area (Å²) in [4.78, 5) is 29.8. The first-order valence-corrected chi connectivity index (χ1v) is 6.82. The van der Waals surface area contributed by atoms with Crippen LogP contribution in [-0.4, -0.2) is 27.4 Å². The second-order valence-electron chi connectivity index (χ2n) is 4.40. The molecule has 0 radical (unpaired) electrons. The van der Waals surface area contributed by atoms with Crippen LogP contribution in [0.4, 0.5) is 11.5 Å². The lowest BCUT2D eigenvalue weighted by molar-refractivity contribution is -0.385. The molecule has 1 aromatic carbocycles. The van der Waals surface area contributed by atoms with Crippen molar-refractivity contribution in [2.24, 2.45) is 0 Å². The summed E-state index contributed by atoms with van der Waals surface area (Å²) in [6.45, 7) is 1.90. The van der Waals surface area contributed by atoms with E-state index in [0.29, 0.717) is 0 Å². The van der Waals surface area contributed by atoms with E-state index in [9.17, 15) is 14.9 Å². The van der Waals surface area contributed by atoms with E-state index in [1.54, 1.807) is 19.1 Å². The van der Waals surface area contributed by atoms with Gasteiger partial charge >= 0.3 is 5.69 Å². The third kappa shape index (κ3) is 4.37. The van der Waals surface area contributed by atoms with Crippen molar-refractivity contribution in [1.29, 1.82) is 0 Å². The predicted molar refractivity (Wildman–Crippen MR) is 81.8 cm³/mol. The number of carbonyl (C=O) groups is 1. The molecule has 0 aliphatic carbocycles. The van der Waals surface area contributed by atoms with Crippen LogP contribution in [0.1, 0.15) is 12.5 Å². The van der Waals surface area contributed by atoms with Crippen LogP contribution in [0.25, 0.3) is 0 Å². The molecule has 1 heterocycles. The van der Waals surface area contributed by atoms with E-state index in [0.717, 1.165) is 11.9 Å². The topological polar surface area (TPSA) is 119 Å². The lowest BCUT2D eigenvalue weighted by Gasteiger charge is -2.09. The molecule has 1 amide bonds. The molecule has 0 saturated carbocycles. The molecule has 2 N–H and O–H groups in total. The van der Waals surface area contributed by atoms with Gasteiger partial charge in [-0.3, -0.25) is 25.8 Å². The molecule has 0 spiro atoms. The summed E-state index contributed by atoms with van der Waals surface area (Å²) in [5.41, 5.74) is 5.20. The third-order valence-electron chi connectivity index (χ3n) is 2.78. The summed E-state index contributed by atoms with van der Waals surface area (Å²) >= 11 is 0. The first-order valence-electron chi connectivity index (χ1n) is 6.82. The van der Waals surface area contributed by atoms with Gasteiger partial charge in [-0.25, -0.2) is 4.98 Å². The summed E-state index contributed by atoms with van der Waals surface area (Å²) < 4.78 is 5.10. The van der Waals surface area contributed by atoms with Crippen molar-refractivity contribution in [1.82, 2.24) is 15.4 Å². The zero-order valence-electron chi connectivity index (χ0n) is 12.4. The fourth-order valence-corrected chi connectivity index (χ4v) is 1.82. The Kier molecular flexibility index (Phi) is 5.40. The number of nitrogens with zero attached hydrogens (tertiary/aromatic N) is 3. The molecule has 0 fully saturated rings. The van der Waals surface area contributed by atoms with Gasteiger partial charge in [0.2, 0.25) is 11.7 Å². The average molecular weight is 317 g/mol. The Bertz CT molecular complexity index is 693. The summed E-state index contributed by atoms with van der Waals surface area (Å²) in [6, 6.07) is 9.10. The molecule has 23 heavy (non-hydrogen) atoms. The maximum absolute atomic E-state index is 11.9. The standard InChI is InChI=1S/C14H15N5O4/c1-2-23-14-12(19(21)22)13(15-9-16-14)18-17-11(20)8-10-6-4-3-5-7-10/h3-7,9H,2,8H2,1H3,(H,17,20)(H,15,16,18). The van der Waals surface area contributed by atoms with Gasteiger partial charge in [-0.2, -0.15) is 4.98 Å². The third-order valence-corrected chi connectivity index (χ3v) is 2.78. The van der Waals surface area contributed by atoms with E-state index in [2.05, 4.69) is 20.8 Å². The Labute approximate surface area is 131 Å². The van der Waals surface area contributed by atoms with E-state index >= 15 is 0 Å². The molecular formula is C14H15N5O4. The SMILES string of the molecule is CCOc1ncnc(NNC(=O)Cc2ccccc2)c1[N+](=O)[O-]. The summed E-state index contributed by atoms with van der Waals surface area (Å²) in [5, 5.41) is 11.1. The Morgan fingerprint density at radius 2 is 2.04 bits per heavy atom. The Hall–Kier alpha value is -3.23. The summed E-state index contributed by atoms with van der Waals surface area (Å²) in [5.74, 6) is -0.663. The van der Waals surface area contributed by atoms with Crippen LogP contribution in [-0.2, 0) is 11.2 Å². The van der Waals surface area contributed by atoms with Crippen molar-refractivity contribution < 1.29 is 14.5 Å². The Balaban J connectivity index is 2.06. The van der Waals surface area contributed by atoms with Gasteiger partial charge in [-0.15, -0.1) is 0 Å². The van der Waals surface area contributed by atoms with Crippen LogP contribution in [0, 0.1) is 10.1 Å². The smallest absolute Gasteiger partial charge is 0.374 e. The zero-order chi connectivity index (χ0) is 16.7. The molecule has 0 aliphatic heterocycles. The van der Waals surface area contributed by atoms with Crippen LogP contribution < -0.4 is 15.6 Å². The zero-order valence-corrected chi connectivity index (χ0v) is 12.4. The van der Waals surface area contributed by atoms with E-state index in [-0.39, 0.29) is 30.6 Å². The number of hydrogen-bond acceptors (Lipinski definition) is 7. The lowest BCUT2D eigenvalue weighted by Crippen LogP contribution is -2.31. The molecule has 9 nitrogen and oxygen atoms in total. The number of hydrazine groups is 1. The highest BCUT2D eigenvalue weighted by Gasteiger charge is 2.24. The van der Waals surface area contributed by atoms with Crippen LogP contribution in [0.3, 0.4) is 0 Å². The van der Waals surface area contributed by atoms with Crippen molar-refractivity contribution in [2.45, 2.75) is 13.3 Å². The normalized spacial score (nSPS) is 9.96. The molecule has 0 atom stereocenters. The van der Waals surface area contributed by atoms with Crippen molar-refractivity contribution in [2.75, 3.05) is 12.0 Å². The maximum atomic E-state index is 11.9. The van der Waals surface area contributed by atoms with E-state index in [4.69, 9.17) is 4.74 Å². The Morgan fingerprint density at radius 1 is 1.30 bits per heavy atom. The first-order chi connectivity index (χ1) is 11.1. The summed E-state index contributed by atoms with van der Waals surface area (Å²) in [7, 11) is 0. The van der Waals surface area contributed by atoms with Crippen molar-refractivity contribution in [3.8, 4) is 5.88 Å². The van der Waals surface area contributed by atoms with Crippen LogP contribution >= 0.6 is 0 Å². The number of nitro groups is 1. The van der Waals surface area contributed by atoms with E-state index in [1.807, 2.05) is 18.2 Å². The maximum Gasteiger partial charge on any atom is 0.374 e. The van der Waals surface area contributed by atoms with E-state index in [1.165, 1.54) is 0 Å². The average Bonchev–Trinajstić information content (AvgIpc) is 2.54. The minimum absolute atomic E-state index is 0.130. The molecular weight excluding hydrogens is 302 g/mol. The number of hydrogen-bond donors (Lipinski definition) is 2. The molecule has 9 heteroatoms. The molecule has 0 saturated heterocycles. The summed E-state index contributed by atoms with van der Waals surface area (Å²) in [6.07, 6.45) is 1.24. The fourth-order valence-electron chi connectivity index (χ4n) is 1.82. The quantitative estimate of drug-likeness (QED) is 0.586. The van der Waals surface area contributed by atoms with Crippen molar-refractivity contribution in [3.63, 3.8) is 0 Å². The highest BCUT2D eigenvalue weighted by atomic mass is 16.6. The lowest BCUT2D eigenvalue weighted by atomic mass is 10.1. The van der Waals surface area contributed by atoms with Gasteiger partial charge in [0.15, 0.2) is 0 Å². The van der Waals surface area contributed by atoms with E-state index < -0.39 is 10.6 Å². The Morgan fingerprint density at radius 3 is 2.70 bits per heavy atom. The molecule has 1 aromatic heterocycles. The number of ether oxygens (including phenoxy) is 1. The van der Waals surface area contributed by atoms with Gasteiger partial charge in [0.25, 0.3) is 5.88 Å².